The molecule has 0 saturated heterocycles. The van der Waals surface area contributed by atoms with Crippen molar-refractivity contribution in [1.29, 1.82) is 0 Å². The van der Waals surface area contributed by atoms with Crippen LogP contribution in [0.1, 0.15) is 43.7 Å². The molecule has 1 saturated carbocycles. The summed E-state index contributed by atoms with van der Waals surface area (Å²) in [4.78, 5) is 30.3. The molecule has 0 radical (unpaired) electrons. The van der Waals surface area contributed by atoms with Crippen molar-refractivity contribution < 1.29 is 22.7 Å². The van der Waals surface area contributed by atoms with Gasteiger partial charge in [0, 0.05) is 39.6 Å². The number of rotatable bonds is 14. The molecular formula is C37H38Cl3N3O5S. The number of amides is 2. The topological polar surface area (TPSA) is 96.0 Å². The number of hydrogen-bond acceptors (Lipinski definition) is 5. The molecule has 1 fully saturated rings. The number of sulfonamides is 1. The molecule has 5 rings (SSSR count). The minimum absolute atomic E-state index is 0.0164. The van der Waals surface area contributed by atoms with Crippen molar-refractivity contribution in [2.75, 3.05) is 17.5 Å². The van der Waals surface area contributed by atoms with Crippen molar-refractivity contribution >= 4 is 62.3 Å². The zero-order chi connectivity index (χ0) is 35.0. The van der Waals surface area contributed by atoms with Gasteiger partial charge in [-0.3, -0.25) is 13.9 Å². The maximum absolute atomic E-state index is 14.7. The quantitative estimate of drug-likeness (QED) is 0.142. The largest absolute Gasteiger partial charge is 0.494 e. The molecular weight excluding hydrogens is 705 g/mol. The summed E-state index contributed by atoms with van der Waals surface area (Å²) in [5.41, 5.74) is 1.51. The SMILES string of the molecule is CCOc1ccc(N(CC(=O)N(Cc2c(Cl)cccc2Cl)[C@@H](Cc2ccccc2)C(=O)NC2CCCC2)S(=O)(=O)c2ccc(Cl)cc2)cc1. The molecule has 2 amide bonds. The Morgan fingerprint density at radius 1 is 0.857 bits per heavy atom. The van der Waals surface area contributed by atoms with Gasteiger partial charge in [-0.15, -0.1) is 0 Å². The molecule has 4 aromatic carbocycles. The van der Waals surface area contributed by atoms with Gasteiger partial charge in [0.15, 0.2) is 0 Å². The van der Waals surface area contributed by atoms with Gasteiger partial charge < -0.3 is 15.0 Å². The molecule has 1 aliphatic rings. The first kappa shape index (κ1) is 36.5. The monoisotopic (exact) mass is 741 g/mol. The highest BCUT2D eigenvalue weighted by Crippen LogP contribution is 2.30. The van der Waals surface area contributed by atoms with E-state index in [4.69, 9.17) is 39.5 Å². The number of halogens is 3. The lowest BCUT2D eigenvalue weighted by atomic mass is 10.0. The summed E-state index contributed by atoms with van der Waals surface area (Å²) in [5.74, 6) is -0.409. The molecule has 0 bridgehead atoms. The molecule has 0 spiro atoms. The number of benzene rings is 4. The molecule has 0 aromatic heterocycles. The first-order valence-electron chi connectivity index (χ1n) is 16.1. The van der Waals surface area contributed by atoms with E-state index in [1.54, 1.807) is 42.5 Å². The smallest absolute Gasteiger partial charge is 0.264 e. The van der Waals surface area contributed by atoms with Crippen LogP contribution in [0.15, 0.2) is 102 Å². The molecule has 1 aliphatic carbocycles. The second-order valence-electron chi connectivity index (χ2n) is 11.8. The van der Waals surface area contributed by atoms with Gasteiger partial charge in [-0.2, -0.15) is 0 Å². The standard InChI is InChI=1S/C37H38Cl3N3O5S/c1-2-48-30-19-17-29(18-20-30)43(49(46,47)31-21-15-27(38)16-22-31)25-36(44)42(24-32-33(39)13-8-14-34(32)40)35(23-26-9-4-3-5-10-26)37(45)41-28-11-6-7-12-28/h3-5,8-10,13-22,28,35H,2,6-7,11-12,23-25H2,1H3,(H,41,45)/t35-/m0/s1. The zero-order valence-electron chi connectivity index (χ0n) is 27.0. The number of ether oxygens (including phenoxy) is 1. The van der Waals surface area contributed by atoms with Crippen LogP contribution in [0, 0.1) is 0 Å². The number of nitrogens with zero attached hydrogens (tertiary/aromatic N) is 2. The number of nitrogens with one attached hydrogen (secondary N) is 1. The maximum Gasteiger partial charge on any atom is 0.264 e. The van der Waals surface area contributed by atoms with E-state index in [1.807, 2.05) is 37.3 Å². The van der Waals surface area contributed by atoms with Crippen LogP contribution in [0.5, 0.6) is 5.75 Å². The second-order valence-corrected chi connectivity index (χ2v) is 14.9. The van der Waals surface area contributed by atoms with E-state index >= 15 is 0 Å². The summed E-state index contributed by atoms with van der Waals surface area (Å²) in [5, 5.41) is 4.15. The highest BCUT2D eigenvalue weighted by molar-refractivity contribution is 7.92. The Hall–Kier alpha value is -3.76. The van der Waals surface area contributed by atoms with Crippen LogP contribution >= 0.6 is 34.8 Å². The fraction of sp³-hybridized carbons (Fsp3) is 0.297. The van der Waals surface area contributed by atoms with Crippen LogP contribution in [0.3, 0.4) is 0 Å². The third-order valence-electron chi connectivity index (χ3n) is 8.48. The fourth-order valence-electron chi connectivity index (χ4n) is 5.91. The van der Waals surface area contributed by atoms with Gasteiger partial charge in [-0.05, 0) is 86.0 Å². The van der Waals surface area contributed by atoms with Crippen molar-refractivity contribution in [3.05, 3.63) is 123 Å². The highest BCUT2D eigenvalue weighted by atomic mass is 35.5. The normalized spacial score (nSPS) is 13.9. The van der Waals surface area contributed by atoms with Crippen molar-refractivity contribution in [2.24, 2.45) is 0 Å². The van der Waals surface area contributed by atoms with E-state index in [1.165, 1.54) is 29.2 Å². The van der Waals surface area contributed by atoms with Gasteiger partial charge in [0.2, 0.25) is 11.8 Å². The van der Waals surface area contributed by atoms with E-state index in [-0.39, 0.29) is 35.5 Å². The van der Waals surface area contributed by atoms with E-state index in [0.29, 0.717) is 33.0 Å². The maximum atomic E-state index is 14.7. The van der Waals surface area contributed by atoms with Crippen LogP contribution in [-0.4, -0.2) is 50.4 Å². The molecule has 4 aromatic rings. The third kappa shape index (κ3) is 9.28. The molecule has 0 unspecified atom stereocenters. The highest BCUT2D eigenvalue weighted by Gasteiger charge is 2.36. The zero-order valence-corrected chi connectivity index (χ0v) is 30.1. The average Bonchev–Trinajstić information content (AvgIpc) is 3.60. The summed E-state index contributed by atoms with van der Waals surface area (Å²) in [6, 6.07) is 25.5. The Kier molecular flexibility index (Phi) is 12.5. The van der Waals surface area contributed by atoms with Gasteiger partial charge in [-0.25, -0.2) is 8.42 Å². The Morgan fingerprint density at radius 3 is 2.10 bits per heavy atom. The number of hydrogen-bond donors (Lipinski definition) is 1. The van der Waals surface area contributed by atoms with Gasteiger partial charge in [-0.1, -0.05) is 84.0 Å². The van der Waals surface area contributed by atoms with Crippen molar-refractivity contribution in [2.45, 2.75) is 62.6 Å². The lowest BCUT2D eigenvalue weighted by molar-refractivity contribution is -0.140. The Morgan fingerprint density at radius 2 is 1.49 bits per heavy atom. The lowest BCUT2D eigenvalue weighted by Gasteiger charge is -2.34. The van der Waals surface area contributed by atoms with Crippen LogP contribution in [-0.2, 0) is 32.6 Å². The lowest BCUT2D eigenvalue weighted by Crippen LogP contribution is -2.54. The van der Waals surface area contributed by atoms with Crippen LogP contribution in [0.2, 0.25) is 15.1 Å². The fourth-order valence-corrected chi connectivity index (χ4v) is 7.97. The summed E-state index contributed by atoms with van der Waals surface area (Å²) in [6.45, 7) is 1.52. The Balaban J connectivity index is 1.59. The van der Waals surface area contributed by atoms with Crippen molar-refractivity contribution in [3.63, 3.8) is 0 Å². The van der Waals surface area contributed by atoms with Gasteiger partial charge >= 0.3 is 0 Å². The van der Waals surface area contributed by atoms with E-state index in [0.717, 1.165) is 35.6 Å². The van der Waals surface area contributed by atoms with Crippen molar-refractivity contribution in [1.82, 2.24) is 10.2 Å². The summed E-state index contributed by atoms with van der Waals surface area (Å²) in [6.07, 6.45) is 3.88. The van der Waals surface area contributed by atoms with Gasteiger partial charge in [0.1, 0.15) is 18.3 Å². The van der Waals surface area contributed by atoms with E-state index in [9.17, 15) is 18.0 Å². The molecule has 1 N–H and O–H groups in total. The molecule has 49 heavy (non-hydrogen) atoms. The number of carbonyl (C=O) groups excluding carboxylic acids is 2. The second kappa shape index (κ2) is 16.8. The molecule has 8 nitrogen and oxygen atoms in total. The van der Waals surface area contributed by atoms with Gasteiger partial charge in [0.05, 0.1) is 17.2 Å². The summed E-state index contributed by atoms with van der Waals surface area (Å²) in [7, 11) is -4.30. The van der Waals surface area contributed by atoms with Crippen LogP contribution < -0.4 is 14.4 Å². The predicted molar refractivity (Wildman–Crippen MR) is 195 cm³/mol. The van der Waals surface area contributed by atoms with Gasteiger partial charge in [0.25, 0.3) is 10.0 Å². The number of anilines is 1. The minimum Gasteiger partial charge on any atom is -0.494 e. The Labute approximate surface area is 303 Å². The van der Waals surface area contributed by atoms with Crippen LogP contribution in [0.4, 0.5) is 5.69 Å². The molecule has 0 heterocycles. The molecule has 0 aliphatic heterocycles. The minimum atomic E-state index is -4.30. The molecule has 12 heteroatoms. The predicted octanol–water partition coefficient (Wildman–Crippen LogP) is 7.94. The first-order chi connectivity index (χ1) is 23.6. The molecule has 258 valence electrons. The van der Waals surface area contributed by atoms with Crippen LogP contribution in [0.25, 0.3) is 0 Å². The number of carbonyl (C=O) groups is 2. The van der Waals surface area contributed by atoms with E-state index in [2.05, 4.69) is 5.32 Å². The Bertz CT molecular complexity index is 1820. The summed E-state index contributed by atoms with van der Waals surface area (Å²) >= 11 is 19.3. The third-order valence-corrected chi connectivity index (χ3v) is 11.2. The summed E-state index contributed by atoms with van der Waals surface area (Å²) < 4.78 is 35.1. The first-order valence-corrected chi connectivity index (χ1v) is 18.7. The average molecular weight is 743 g/mol. The van der Waals surface area contributed by atoms with Crippen molar-refractivity contribution in [3.8, 4) is 5.75 Å². The molecule has 1 atom stereocenters. The van der Waals surface area contributed by atoms with E-state index < -0.39 is 28.5 Å².